The number of hydrogen-bond donors (Lipinski definition) is 2. The van der Waals surface area contributed by atoms with Crippen LogP contribution in [0.1, 0.15) is 23.6 Å². The molecule has 0 heterocycles. The summed E-state index contributed by atoms with van der Waals surface area (Å²) in [5.74, 6) is -0.421. The van der Waals surface area contributed by atoms with Gasteiger partial charge in [-0.2, -0.15) is 0 Å². The topological polar surface area (TPSA) is 84.9 Å². The van der Waals surface area contributed by atoms with E-state index in [0.29, 0.717) is 11.5 Å². The minimum Gasteiger partial charge on any atom is -0.493 e. The van der Waals surface area contributed by atoms with E-state index in [9.17, 15) is 9.59 Å². The third-order valence-corrected chi connectivity index (χ3v) is 3.62. The first-order chi connectivity index (χ1) is 12.0. The quantitative estimate of drug-likeness (QED) is 0.770. The van der Waals surface area contributed by atoms with Crippen LogP contribution in [0.2, 0.25) is 0 Å². The number of aliphatic carboxylic acids is 1. The fraction of sp³-hybridized carbons (Fsp3) is 0.263. The van der Waals surface area contributed by atoms with E-state index in [-0.39, 0.29) is 13.0 Å². The summed E-state index contributed by atoms with van der Waals surface area (Å²) in [6.07, 6.45) is -0.205. The number of methoxy groups -OCH3 is 1. The van der Waals surface area contributed by atoms with Crippen molar-refractivity contribution in [2.45, 2.75) is 19.4 Å². The van der Waals surface area contributed by atoms with Gasteiger partial charge in [0.05, 0.1) is 19.6 Å². The van der Waals surface area contributed by atoms with Crippen LogP contribution in [0.25, 0.3) is 0 Å². The Kier molecular flexibility index (Phi) is 6.39. The monoisotopic (exact) mass is 343 g/mol. The van der Waals surface area contributed by atoms with Crippen LogP contribution in [0.15, 0.2) is 48.5 Å². The summed E-state index contributed by atoms with van der Waals surface area (Å²) < 4.78 is 10.6. The summed E-state index contributed by atoms with van der Waals surface area (Å²) in [6, 6.07) is 13.7. The van der Waals surface area contributed by atoms with Gasteiger partial charge in [-0.05, 0) is 24.6 Å². The third kappa shape index (κ3) is 5.53. The molecule has 0 fully saturated rings. The first kappa shape index (κ1) is 18.3. The summed E-state index contributed by atoms with van der Waals surface area (Å²) in [5.41, 5.74) is 1.79. The van der Waals surface area contributed by atoms with Crippen LogP contribution in [0.4, 0.5) is 0 Å². The highest BCUT2D eigenvalue weighted by molar-refractivity contribution is 5.79. The molecule has 0 aliphatic carbocycles. The molecule has 6 nitrogen and oxygen atoms in total. The van der Waals surface area contributed by atoms with Gasteiger partial charge in [0.25, 0.3) is 5.91 Å². The lowest BCUT2D eigenvalue weighted by molar-refractivity contribution is -0.137. The van der Waals surface area contributed by atoms with Crippen LogP contribution < -0.4 is 14.8 Å². The van der Waals surface area contributed by atoms with Gasteiger partial charge in [0.15, 0.2) is 18.1 Å². The average molecular weight is 343 g/mol. The Bertz CT molecular complexity index is 727. The molecule has 0 saturated carbocycles. The molecule has 0 unspecified atom stereocenters. The van der Waals surface area contributed by atoms with E-state index in [1.165, 1.54) is 7.11 Å². The number of amides is 1. The fourth-order valence-corrected chi connectivity index (χ4v) is 2.34. The van der Waals surface area contributed by atoms with Crippen molar-refractivity contribution in [2.75, 3.05) is 13.7 Å². The molecule has 0 aliphatic rings. The summed E-state index contributed by atoms with van der Waals surface area (Å²) in [4.78, 5) is 23.3. The summed E-state index contributed by atoms with van der Waals surface area (Å²) in [7, 11) is 1.52. The number of hydrogen-bond acceptors (Lipinski definition) is 4. The predicted molar refractivity (Wildman–Crippen MR) is 92.8 cm³/mol. The number of carboxylic acids is 1. The molecule has 1 atom stereocenters. The lowest BCUT2D eigenvalue weighted by Crippen LogP contribution is -2.33. The van der Waals surface area contributed by atoms with Crippen LogP contribution >= 0.6 is 0 Å². The van der Waals surface area contributed by atoms with E-state index < -0.39 is 17.9 Å². The Morgan fingerprint density at radius 2 is 1.72 bits per heavy atom. The molecule has 0 radical (unpaired) electrons. The van der Waals surface area contributed by atoms with Crippen LogP contribution in [-0.2, 0) is 9.59 Å². The number of nitrogens with one attached hydrogen (secondary N) is 1. The Morgan fingerprint density at radius 1 is 1.08 bits per heavy atom. The van der Waals surface area contributed by atoms with Crippen LogP contribution in [-0.4, -0.2) is 30.7 Å². The molecule has 2 aromatic carbocycles. The Morgan fingerprint density at radius 3 is 2.32 bits per heavy atom. The molecule has 1 amide bonds. The number of para-hydroxylation sites is 2. The Balaban J connectivity index is 2.01. The zero-order chi connectivity index (χ0) is 18.2. The molecule has 0 aromatic heterocycles. The van der Waals surface area contributed by atoms with Gasteiger partial charge in [-0.3, -0.25) is 9.59 Å². The predicted octanol–water partition coefficient (Wildman–Crippen LogP) is 2.71. The van der Waals surface area contributed by atoms with Crippen LogP contribution in [0, 0.1) is 6.92 Å². The highest BCUT2D eigenvalue weighted by atomic mass is 16.5. The first-order valence-electron chi connectivity index (χ1n) is 7.83. The first-order valence-corrected chi connectivity index (χ1v) is 7.83. The van der Waals surface area contributed by atoms with Crippen molar-refractivity contribution in [3.63, 3.8) is 0 Å². The largest absolute Gasteiger partial charge is 0.493 e. The van der Waals surface area contributed by atoms with Gasteiger partial charge in [0.1, 0.15) is 0 Å². The van der Waals surface area contributed by atoms with Gasteiger partial charge >= 0.3 is 5.97 Å². The third-order valence-electron chi connectivity index (χ3n) is 3.62. The normalized spacial score (nSPS) is 11.4. The van der Waals surface area contributed by atoms with Crippen LogP contribution in [0.3, 0.4) is 0 Å². The summed E-state index contributed by atoms with van der Waals surface area (Å²) in [5, 5.41) is 11.8. The van der Waals surface area contributed by atoms with Crippen molar-refractivity contribution in [3.8, 4) is 11.5 Å². The lowest BCUT2D eigenvalue weighted by atomic mass is 10.0. The van der Waals surface area contributed by atoms with E-state index in [4.69, 9.17) is 14.6 Å². The highest BCUT2D eigenvalue weighted by Gasteiger charge is 2.18. The molecular weight excluding hydrogens is 322 g/mol. The van der Waals surface area contributed by atoms with E-state index in [1.807, 2.05) is 31.2 Å². The van der Waals surface area contributed by atoms with Gasteiger partial charge in [-0.15, -0.1) is 0 Å². The minimum atomic E-state index is -0.989. The number of ether oxygens (including phenoxy) is 2. The molecule has 2 N–H and O–H groups in total. The number of rotatable bonds is 8. The second kappa shape index (κ2) is 8.73. The molecule has 0 aliphatic heterocycles. The molecule has 2 aromatic rings. The maximum Gasteiger partial charge on any atom is 0.305 e. The molecule has 6 heteroatoms. The van der Waals surface area contributed by atoms with Crippen molar-refractivity contribution in [3.05, 3.63) is 59.7 Å². The molecule has 0 saturated heterocycles. The molecule has 132 valence electrons. The smallest absolute Gasteiger partial charge is 0.305 e. The number of aryl methyl sites for hydroxylation is 1. The Hall–Kier alpha value is -3.02. The maximum absolute atomic E-state index is 12.2. The SMILES string of the molecule is COc1ccccc1OCC(=O)N[C@H](CC(=O)O)c1ccc(C)cc1. The van der Waals surface area contributed by atoms with Crippen molar-refractivity contribution < 1.29 is 24.2 Å². The summed E-state index contributed by atoms with van der Waals surface area (Å²) >= 11 is 0. The number of carbonyl (C=O) groups is 2. The van der Waals surface area contributed by atoms with E-state index >= 15 is 0 Å². The van der Waals surface area contributed by atoms with Gasteiger partial charge in [-0.25, -0.2) is 0 Å². The number of carboxylic acid groups (broad SMARTS) is 1. The molecule has 0 bridgehead atoms. The zero-order valence-corrected chi connectivity index (χ0v) is 14.2. The molecule has 2 rings (SSSR count). The van der Waals surface area contributed by atoms with Crippen molar-refractivity contribution in [1.29, 1.82) is 0 Å². The zero-order valence-electron chi connectivity index (χ0n) is 14.2. The maximum atomic E-state index is 12.2. The van der Waals surface area contributed by atoms with Gasteiger partial charge in [0.2, 0.25) is 0 Å². The molecule has 0 spiro atoms. The van der Waals surface area contributed by atoms with Crippen molar-refractivity contribution >= 4 is 11.9 Å². The second-order valence-corrected chi connectivity index (χ2v) is 5.57. The average Bonchev–Trinajstić information content (AvgIpc) is 2.60. The van der Waals surface area contributed by atoms with Gasteiger partial charge < -0.3 is 19.9 Å². The lowest BCUT2D eigenvalue weighted by Gasteiger charge is -2.18. The van der Waals surface area contributed by atoms with E-state index in [2.05, 4.69) is 5.32 Å². The van der Waals surface area contributed by atoms with Gasteiger partial charge in [-0.1, -0.05) is 42.0 Å². The molecular formula is C19H21NO5. The minimum absolute atomic E-state index is 0.205. The molecule has 25 heavy (non-hydrogen) atoms. The fourth-order valence-electron chi connectivity index (χ4n) is 2.34. The van der Waals surface area contributed by atoms with E-state index in [0.717, 1.165) is 11.1 Å². The highest BCUT2D eigenvalue weighted by Crippen LogP contribution is 2.25. The standard InChI is InChI=1S/C19H21NO5/c1-13-7-9-14(10-8-13)15(11-19(22)23)20-18(21)12-25-17-6-4-3-5-16(17)24-2/h3-10,15H,11-12H2,1-2H3,(H,20,21)(H,22,23)/t15-/m1/s1. The van der Waals surface area contributed by atoms with E-state index in [1.54, 1.807) is 24.3 Å². The van der Waals surface area contributed by atoms with Gasteiger partial charge in [0, 0.05) is 0 Å². The number of carbonyl (C=O) groups excluding carboxylic acids is 1. The summed E-state index contributed by atoms with van der Waals surface area (Å²) in [6.45, 7) is 1.71. The number of benzene rings is 2. The van der Waals surface area contributed by atoms with Crippen molar-refractivity contribution in [2.24, 2.45) is 0 Å². The second-order valence-electron chi connectivity index (χ2n) is 5.57. The van der Waals surface area contributed by atoms with Crippen LogP contribution in [0.5, 0.6) is 11.5 Å². The Labute approximate surface area is 146 Å². The van der Waals surface area contributed by atoms with Crippen molar-refractivity contribution in [1.82, 2.24) is 5.32 Å².